The second-order valence-electron chi connectivity index (χ2n) is 3.17. The van der Waals surface area contributed by atoms with Crippen molar-refractivity contribution in [3.8, 4) is 0 Å². The number of nitrogens with one attached hydrogen (secondary N) is 1. The highest BCUT2D eigenvalue weighted by Crippen LogP contribution is 2.24. The highest BCUT2D eigenvalue weighted by Gasteiger charge is 2.17. The second-order valence-corrected chi connectivity index (χ2v) is 4.69. The number of hydrogen-bond acceptors (Lipinski definition) is 1. The fraction of sp³-hybridized carbons (Fsp3) is 0.100. The first kappa shape index (κ1) is 11.8. The van der Waals surface area contributed by atoms with E-state index < -0.39 is 11.9 Å². The number of halogens is 4. The number of aromatic amines is 1. The second kappa shape index (κ2) is 4.29. The highest BCUT2D eigenvalue weighted by atomic mass is 127. The van der Waals surface area contributed by atoms with Crippen molar-refractivity contribution < 1.29 is 8.78 Å². The van der Waals surface area contributed by atoms with Crippen LogP contribution in [0.3, 0.4) is 0 Å². The summed E-state index contributed by atoms with van der Waals surface area (Å²) in [7, 11) is 0. The van der Waals surface area contributed by atoms with E-state index in [1.54, 1.807) is 28.7 Å². The molecule has 1 aromatic heterocycles. The van der Waals surface area contributed by atoms with Gasteiger partial charge in [-0.15, -0.1) is 0 Å². The molecular formula is C10H5ClF2INO. The first-order valence-corrected chi connectivity index (χ1v) is 5.75. The van der Waals surface area contributed by atoms with Gasteiger partial charge in [0.05, 0.1) is 9.26 Å². The molecule has 0 amide bonds. The van der Waals surface area contributed by atoms with Crippen molar-refractivity contribution in [1.82, 2.24) is 4.98 Å². The van der Waals surface area contributed by atoms with Gasteiger partial charge >= 0.3 is 0 Å². The van der Waals surface area contributed by atoms with Crippen molar-refractivity contribution in [1.29, 1.82) is 0 Å². The summed E-state index contributed by atoms with van der Waals surface area (Å²) in [5.74, 6) is 0. The van der Waals surface area contributed by atoms with Gasteiger partial charge in [-0.1, -0.05) is 11.6 Å². The predicted octanol–water partition coefficient (Wildman–Crippen LogP) is 3.72. The molecule has 84 valence electrons. The van der Waals surface area contributed by atoms with Crippen molar-refractivity contribution in [3.63, 3.8) is 0 Å². The Morgan fingerprint density at radius 1 is 1.38 bits per heavy atom. The summed E-state index contributed by atoms with van der Waals surface area (Å²) in [6.45, 7) is 0. The van der Waals surface area contributed by atoms with Crippen LogP contribution in [0.5, 0.6) is 0 Å². The van der Waals surface area contributed by atoms with Crippen LogP contribution in [0, 0.1) is 3.57 Å². The molecule has 0 aliphatic heterocycles. The van der Waals surface area contributed by atoms with Gasteiger partial charge in [-0.3, -0.25) is 4.79 Å². The van der Waals surface area contributed by atoms with Crippen molar-refractivity contribution in [2.45, 2.75) is 6.43 Å². The molecule has 1 aromatic carbocycles. The zero-order valence-corrected chi connectivity index (χ0v) is 10.6. The third kappa shape index (κ3) is 1.93. The Morgan fingerprint density at radius 2 is 2.06 bits per heavy atom. The third-order valence-electron chi connectivity index (χ3n) is 2.15. The van der Waals surface area contributed by atoms with Crippen molar-refractivity contribution in [2.24, 2.45) is 0 Å². The fourth-order valence-electron chi connectivity index (χ4n) is 1.40. The molecule has 1 N–H and O–H groups in total. The summed E-state index contributed by atoms with van der Waals surface area (Å²) in [5.41, 5.74) is -0.405. The lowest BCUT2D eigenvalue weighted by Gasteiger charge is -2.06. The Labute approximate surface area is 108 Å². The topological polar surface area (TPSA) is 32.9 Å². The Morgan fingerprint density at radius 3 is 2.69 bits per heavy atom. The number of alkyl halides is 2. The molecule has 0 atom stereocenters. The fourth-order valence-corrected chi connectivity index (χ4v) is 2.24. The number of pyridine rings is 1. The summed E-state index contributed by atoms with van der Waals surface area (Å²) >= 11 is 7.36. The normalized spacial score (nSPS) is 11.3. The van der Waals surface area contributed by atoms with E-state index in [1.165, 1.54) is 12.1 Å². The van der Waals surface area contributed by atoms with Gasteiger partial charge in [0.25, 0.3) is 6.43 Å². The average molecular weight is 356 g/mol. The van der Waals surface area contributed by atoms with Gasteiger partial charge < -0.3 is 4.98 Å². The van der Waals surface area contributed by atoms with Gasteiger partial charge in [0.15, 0.2) is 0 Å². The molecule has 2 aromatic rings. The molecule has 0 unspecified atom stereocenters. The summed E-state index contributed by atoms with van der Waals surface area (Å²) in [6, 6.07) is 4.52. The number of fused-ring (bicyclic) bond motifs is 1. The molecule has 0 bridgehead atoms. The predicted molar refractivity (Wildman–Crippen MR) is 67.3 cm³/mol. The van der Waals surface area contributed by atoms with Gasteiger partial charge in [-0.25, -0.2) is 8.78 Å². The van der Waals surface area contributed by atoms with E-state index in [0.717, 1.165) is 0 Å². The first-order valence-electron chi connectivity index (χ1n) is 4.30. The SMILES string of the molecule is O=c1c(I)c(C(F)F)[nH]c2ccc(Cl)cc12. The Balaban J connectivity index is 2.88. The van der Waals surface area contributed by atoms with E-state index in [0.29, 0.717) is 15.9 Å². The van der Waals surface area contributed by atoms with Gasteiger partial charge in [0.1, 0.15) is 0 Å². The molecule has 0 spiro atoms. The Hall–Kier alpha value is -0.690. The van der Waals surface area contributed by atoms with E-state index in [1.807, 2.05) is 0 Å². The van der Waals surface area contributed by atoms with Crippen molar-refractivity contribution in [2.75, 3.05) is 0 Å². The van der Waals surface area contributed by atoms with Crippen LogP contribution in [-0.2, 0) is 0 Å². The molecule has 0 radical (unpaired) electrons. The molecule has 0 saturated carbocycles. The minimum absolute atomic E-state index is 0.00219. The number of benzene rings is 1. The molecule has 2 rings (SSSR count). The maximum Gasteiger partial charge on any atom is 0.279 e. The van der Waals surface area contributed by atoms with Gasteiger partial charge in [0.2, 0.25) is 5.43 Å². The van der Waals surface area contributed by atoms with Crippen LogP contribution in [-0.4, -0.2) is 4.98 Å². The van der Waals surface area contributed by atoms with Crippen molar-refractivity contribution in [3.05, 3.63) is 42.7 Å². The number of hydrogen-bond donors (Lipinski definition) is 1. The van der Waals surface area contributed by atoms with Crippen LogP contribution >= 0.6 is 34.2 Å². The van der Waals surface area contributed by atoms with E-state index in [4.69, 9.17) is 11.6 Å². The van der Waals surface area contributed by atoms with E-state index in [9.17, 15) is 13.6 Å². The van der Waals surface area contributed by atoms with Crippen LogP contribution in [0.25, 0.3) is 10.9 Å². The molecule has 0 fully saturated rings. The van der Waals surface area contributed by atoms with Gasteiger partial charge in [-0.2, -0.15) is 0 Å². The molecule has 0 aliphatic rings. The largest absolute Gasteiger partial charge is 0.353 e. The minimum atomic E-state index is -2.69. The van der Waals surface area contributed by atoms with Crippen molar-refractivity contribution >= 4 is 45.1 Å². The smallest absolute Gasteiger partial charge is 0.279 e. The van der Waals surface area contributed by atoms with Gasteiger partial charge in [0, 0.05) is 15.9 Å². The van der Waals surface area contributed by atoms with Crippen LogP contribution in [0.1, 0.15) is 12.1 Å². The van der Waals surface area contributed by atoms with E-state index in [-0.39, 0.29) is 9.26 Å². The zero-order valence-electron chi connectivity index (χ0n) is 7.73. The third-order valence-corrected chi connectivity index (χ3v) is 3.46. The Bertz CT molecular complexity index is 612. The number of aromatic nitrogens is 1. The lowest BCUT2D eigenvalue weighted by molar-refractivity contribution is 0.145. The molecule has 1 heterocycles. The molecule has 6 heteroatoms. The lowest BCUT2D eigenvalue weighted by atomic mass is 10.2. The maximum atomic E-state index is 12.6. The summed E-state index contributed by atoms with van der Waals surface area (Å²) in [5, 5.41) is 0.722. The number of rotatable bonds is 1. The zero-order chi connectivity index (χ0) is 11.9. The monoisotopic (exact) mass is 355 g/mol. The lowest BCUT2D eigenvalue weighted by Crippen LogP contribution is -2.12. The van der Waals surface area contributed by atoms with Crippen LogP contribution in [0.4, 0.5) is 8.78 Å². The standard InChI is InChI=1S/C10H5ClF2INO/c11-4-1-2-6-5(3-4)9(16)7(14)8(15-6)10(12)13/h1-3,10H,(H,15,16). The minimum Gasteiger partial charge on any atom is -0.353 e. The Kier molecular flexibility index (Phi) is 3.16. The maximum absolute atomic E-state index is 12.6. The van der Waals surface area contributed by atoms with Crippen LogP contribution in [0.2, 0.25) is 5.02 Å². The highest BCUT2D eigenvalue weighted by molar-refractivity contribution is 14.1. The average Bonchev–Trinajstić information content (AvgIpc) is 2.23. The van der Waals surface area contributed by atoms with E-state index >= 15 is 0 Å². The molecule has 0 saturated heterocycles. The van der Waals surface area contributed by atoms with Gasteiger partial charge in [-0.05, 0) is 40.8 Å². The molecule has 0 aliphatic carbocycles. The van der Waals surface area contributed by atoms with E-state index in [2.05, 4.69) is 4.98 Å². The molecule has 16 heavy (non-hydrogen) atoms. The summed E-state index contributed by atoms with van der Waals surface area (Å²) < 4.78 is 25.2. The number of H-pyrrole nitrogens is 1. The van der Waals surface area contributed by atoms with Crippen LogP contribution < -0.4 is 5.43 Å². The quantitative estimate of drug-likeness (QED) is 0.777. The first-order chi connectivity index (χ1) is 7.50. The summed E-state index contributed by atoms with van der Waals surface area (Å²) in [6.07, 6.45) is -2.69. The molecule has 2 nitrogen and oxygen atoms in total. The molecular weight excluding hydrogens is 350 g/mol. The summed E-state index contributed by atoms with van der Waals surface area (Å²) in [4.78, 5) is 14.3. The van der Waals surface area contributed by atoms with Crippen LogP contribution in [0.15, 0.2) is 23.0 Å².